The molecular formula is C5H4N5. The van der Waals surface area contributed by atoms with Crippen molar-refractivity contribution < 1.29 is 0 Å². The summed E-state index contributed by atoms with van der Waals surface area (Å²) in [5.74, 6) is 0.692. The molecular weight excluding hydrogens is 130 g/mol. The molecule has 0 spiro atoms. The third-order valence-electron chi connectivity index (χ3n) is 1.11. The van der Waals surface area contributed by atoms with E-state index in [0.717, 1.165) is 0 Å². The van der Waals surface area contributed by atoms with Crippen LogP contribution in [0.4, 0.5) is 0 Å². The highest BCUT2D eigenvalue weighted by molar-refractivity contribution is 5.94. The Labute approximate surface area is 57.0 Å². The van der Waals surface area contributed by atoms with Gasteiger partial charge in [0, 0.05) is 6.08 Å². The fourth-order valence-corrected chi connectivity index (χ4v) is 0.678. The molecule has 0 atom stereocenters. The molecule has 5 heteroatoms. The van der Waals surface area contributed by atoms with Crippen LogP contribution < -0.4 is 5.43 Å². The van der Waals surface area contributed by atoms with Gasteiger partial charge >= 0.3 is 0 Å². The Morgan fingerprint density at radius 2 is 2.40 bits per heavy atom. The number of allylic oxidation sites excluding steroid dienone is 1. The maximum absolute atomic E-state index is 3.77. The van der Waals surface area contributed by atoms with Gasteiger partial charge in [0.2, 0.25) is 0 Å². The van der Waals surface area contributed by atoms with E-state index in [0.29, 0.717) is 5.84 Å². The van der Waals surface area contributed by atoms with Gasteiger partial charge in [-0.1, -0.05) is 5.21 Å². The first kappa shape index (κ1) is 5.16. The third kappa shape index (κ3) is 0.680. The summed E-state index contributed by atoms with van der Waals surface area (Å²) >= 11 is 0. The van der Waals surface area contributed by atoms with Crippen LogP contribution in [0.1, 0.15) is 0 Å². The highest BCUT2D eigenvalue weighted by atomic mass is 15.5. The molecule has 1 aliphatic heterocycles. The lowest BCUT2D eigenvalue weighted by molar-refractivity contribution is 0.833. The summed E-state index contributed by atoms with van der Waals surface area (Å²) in [6, 6.07) is 0. The molecule has 0 fully saturated rings. The fraction of sp³-hybridized carbons (Fsp3) is 0. The summed E-state index contributed by atoms with van der Waals surface area (Å²) in [5.41, 5.74) is 3.64. The van der Waals surface area contributed by atoms with Gasteiger partial charge in [0.25, 0.3) is 0 Å². The number of rotatable bonds is 0. The Kier molecular flexibility index (Phi) is 1.00. The molecule has 10 heavy (non-hydrogen) atoms. The second-order valence-corrected chi connectivity index (χ2v) is 1.74. The van der Waals surface area contributed by atoms with Crippen molar-refractivity contribution in [3.05, 3.63) is 24.7 Å². The van der Waals surface area contributed by atoms with Gasteiger partial charge in [-0.2, -0.15) is 5.43 Å². The maximum atomic E-state index is 3.77. The van der Waals surface area contributed by atoms with Crippen molar-refractivity contribution in [3.63, 3.8) is 0 Å². The van der Waals surface area contributed by atoms with Crippen molar-refractivity contribution in [2.75, 3.05) is 0 Å². The van der Waals surface area contributed by atoms with Gasteiger partial charge in [-0.25, -0.2) is 4.68 Å². The van der Waals surface area contributed by atoms with E-state index in [-0.39, 0.29) is 0 Å². The molecule has 0 N–H and O–H groups in total. The molecule has 2 heterocycles. The lowest BCUT2D eigenvalue weighted by Crippen LogP contribution is -2.07. The minimum atomic E-state index is 0.692. The lowest BCUT2D eigenvalue weighted by atomic mass is 10.6. The zero-order valence-corrected chi connectivity index (χ0v) is 5.05. The average molecular weight is 134 g/mol. The fourth-order valence-electron chi connectivity index (χ4n) is 0.678. The SMILES string of the molecule is C1=CC(n2ccnn2)=N[N]1. The third-order valence-corrected chi connectivity index (χ3v) is 1.11. The second kappa shape index (κ2) is 1.94. The van der Waals surface area contributed by atoms with E-state index in [4.69, 9.17) is 0 Å². The normalized spacial score (nSPS) is 15.0. The first-order chi connectivity index (χ1) is 4.97. The quantitative estimate of drug-likeness (QED) is 0.483. The van der Waals surface area contributed by atoms with Crippen molar-refractivity contribution in [3.8, 4) is 0 Å². The van der Waals surface area contributed by atoms with Crippen LogP contribution in [0.25, 0.3) is 0 Å². The van der Waals surface area contributed by atoms with E-state index in [1.54, 1.807) is 29.4 Å². The molecule has 0 aromatic carbocycles. The molecule has 2 rings (SSSR count). The van der Waals surface area contributed by atoms with Crippen molar-refractivity contribution in [1.82, 2.24) is 20.4 Å². The molecule has 5 nitrogen and oxygen atoms in total. The molecule has 0 aliphatic carbocycles. The molecule has 1 radical (unpaired) electrons. The van der Waals surface area contributed by atoms with E-state index in [1.165, 1.54) is 0 Å². The first-order valence-corrected chi connectivity index (χ1v) is 2.78. The monoisotopic (exact) mass is 134 g/mol. The summed E-state index contributed by atoms with van der Waals surface area (Å²) in [6.07, 6.45) is 6.67. The molecule has 0 bridgehead atoms. The number of nitrogens with zero attached hydrogens (tertiary/aromatic N) is 5. The van der Waals surface area contributed by atoms with Crippen LogP contribution in [-0.4, -0.2) is 20.8 Å². The van der Waals surface area contributed by atoms with Crippen LogP contribution in [0, 0.1) is 0 Å². The first-order valence-electron chi connectivity index (χ1n) is 2.78. The highest BCUT2D eigenvalue weighted by Crippen LogP contribution is 1.91. The summed E-state index contributed by atoms with van der Waals surface area (Å²) < 4.78 is 1.55. The van der Waals surface area contributed by atoms with Crippen molar-refractivity contribution in [2.45, 2.75) is 0 Å². The summed E-state index contributed by atoms with van der Waals surface area (Å²) in [6.45, 7) is 0. The van der Waals surface area contributed by atoms with Crippen LogP contribution in [0.15, 0.2) is 29.8 Å². The second-order valence-electron chi connectivity index (χ2n) is 1.74. The topological polar surface area (TPSA) is 57.2 Å². The van der Waals surface area contributed by atoms with E-state index < -0.39 is 0 Å². The number of hydrogen-bond donors (Lipinski definition) is 0. The van der Waals surface area contributed by atoms with E-state index in [1.807, 2.05) is 0 Å². The zero-order valence-electron chi connectivity index (χ0n) is 5.05. The van der Waals surface area contributed by atoms with E-state index >= 15 is 0 Å². The average Bonchev–Trinajstić information content (AvgIpc) is 2.59. The Morgan fingerprint density at radius 1 is 1.40 bits per heavy atom. The van der Waals surface area contributed by atoms with Gasteiger partial charge < -0.3 is 0 Å². The van der Waals surface area contributed by atoms with E-state index in [2.05, 4.69) is 20.8 Å². The Morgan fingerprint density at radius 3 is 3.00 bits per heavy atom. The minimum absolute atomic E-state index is 0.692. The molecule has 1 aliphatic rings. The van der Waals surface area contributed by atoms with Gasteiger partial charge in [0.05, 0.1) is 18.6 Å². The van der Waals surface area contributed by atoms with Crippen molar-refractivity contribution in [2.24, 2.45) is 5.10 Å². The zero-order chi connectivity index (χ0) is 6.81. The Balaban J connectivity index is 2.36. The standard InChI is InChI=1S/C5H4N5/c1-2-6-8-5(1)10-4-3-7-9-10/h1-4H. The van der Waals surface area contributed by atoms with Gasteiger partial charge in [0.15, 0.2) is 5.84 Å². The lowest BCUT2D eigenvalue weighted by Gasteiger charge is -1.90. The molecule has 0 saturated carbocycles. The highest BCUT2D eigenvalue weighted by Gasteiger charge is 2.02. The number of hydrogen-bond acceptors (Lipinski definition) is 3. The summed E-state index contributed by atoms with van der Waals surface area (Å²) in [4.78, 5) is 0. The minimum Gasteiger partial charge on any atom is -0.201 e. The molecule has 1 aromatic rings. The molecule has 0 unspecified atom stereocenters. The van der Waals surface area contributed by atoms with Crippen molar-refractivity contribution >= 4 is 5.84 Å². The van der Waals surface area contributed by atoms with Gasteiger partial charge in [-0.05, 0) is 0 Å². The summed E-state index contributed by atoms with van der Waals surface area (Å²) in [7, 11) is 0. The largest absolute Gasteiger partial charge is 0.201 e. The molecule has 49 valence electrons. The van der Waals surface area contributed by atoms with Crippen molar-refractivity contribution in [1.29, 1.82) is 0 Å². The Bertz CT molecular complexity index is 270. The molecule has 1 aromatic heterocycles. The molecule has 0 saturated heterocycles. The van der Waals surface area contributed by atoms with Gasteiger partial charge in [0.1, 0.15) is 0 Å². The maximum Gasteiger partial charge on any atom is 0.178 e. The van der Waals surface area contributed by atoms with Crippen LogP contribution >= 0.6 is 0 Å². The molecule has 0 amide bonds. The van der Waals surface area contributed by atoms with Gasteiger partial charge in [-0.15, -0.1) is 10.2 Å². The van der Waals surface area contributed by atoms with Crippen LogP contribution in [0.5, 0.6) is 0 Å². The van der Waals surface area contributed by atoms with Crippen LogP contribution in [0.3, 0.4) is 0 Å². The smallest absolute Gasteiger partial charge is 0.178 e. The van der Waals surface area contributed by atoms with Crippen LogP contribution in [-0.2, 0) is 0 Å². The Hall–Kier alpha value is -1.65. The van der Waals surface area contributed by atoms with Crippen LogP contribution in [0.2, 0.25) is 0 Å². The summed E-state index contributed by atoms with van der Waals surface area (Å²) in [5, 5.41) is 11.1. The van der Waals surface area contributed by atoms with Gasteiger partial charge in [-0.3, -0.25) is 0 Å². The number of aromatic nitrogens is 3. The predicted molar refractivity (Wildman–Crippen MR) is 34.1 cm³/mol. The predicted octanol–water partition coefficient (Wildman–Crippen LogP) is -0.429. The van der Waals surface area contributed by atoms with E-state index in [9.17, 15) is 0 Å².